The van der Waals surface area contributed by atoms with E-state index in [0.717, 1.165) is 17.3 Å². The third kappa shape index (κ3) is 2.00. The number of benzene rings is 1. The number of hydrogen-bond donors (Lipinski definition) is 2. The number of hydrogen-bond acceptors (Lipinski definition) is 2. The van der Waals surface area contributed by atoms with Crippen molar-refractivity contribution in [3.63, 3.8) is 0 Å². The molecular formula is C16H20N2O2. The highest BCUT2D eigenvalue weighted by molar-refractivity contribution is 5.98. The lowest BCUT2D eigenvalue weighted by Crippen LogP contribution is -2.61. The average molecular weight is 272 g/mol. The first kappa shape index (κ1) is 13.2. The fourth-order valence-electron chi connectivity index (χ4n) is 2.96. The van der Waals surface area contributed by atoms with Crippen LogP contribution in [0.5, 0.6) is 0 Å². The summed E-state index contributed by atoms with van der Waals surface area (Å²) in [5, 5.41) is 4.23. The SMILES string of the molecule is COC1CC(NC(=O)c2ccc3cc[nH]c3c2)C1(C)C. The van der Waals surface area contributed by atoms with Crippen molar-refractivity contribution in [2.75, 3.05) is 7.11 Å². The molecule has 1 fully saturated rings. The van der Waals surface area contributed by atoms with Gasteiger partial charge in [-0.3, -0.25) is 4.79 Å². The maximum atomic E-state index is 12.3. The van der Waals surface area contributed by atoms with Crippen LogP contribution in [-0.2, 0) is 4.74 Å². The lowest BCUT2D eigenvalue weighted by molar-refractivity contribution is -0.0942. The van der Waals surface area contributed by atoms with Gasteiger partial charge < -0.3 is 15.0 Å². The number of carbonyl (C=O) groups is 1. The molecule has 0 spiro atoms. The Morgan fingerprint density at radius 2 is 2.20 bits per heavy atom. The van der Waals surface area contributed by atoms with Crippen LogP contribution in [0, 0.1) is 5.41 Å². The summed E-state index contributed by atoms with van der Waals surface area (Å²) in [6.45, 7) is 4.26. The molecule has 2 atom stereocenters. The average Bonchev–Trinajstić information content (AvgIpc) is 2.89. The first-order valence-corrected chi connectivity index (χ1v) is 6.93. The van der Waals surface area contributed by atoms with Crippen molar-refractivity contribution in [3.05, 3.63) is 36.0 Å². The number of fused-ring (bicyclic) bond motifs is 1. The number of aromatic amines is 1. The second-order valence-electron chi connectivity index (χ2n) is 6.09. The minimum atomic E-state index is -0.0193. The highest BCUT2D eigenvalue weighted by atomic mass is 16.5. The Labute approximate surface area is 118 Å². The Bertz CT molecular complexity index is 645. The molecule has 106 valence electrons. The molecule has 1 aromatic heterocycles. The van der Waals surface area contributed by atoms with E-state index in [1.165, 1.54) is 0 Å². The molecule has 1 aliphatic rings. The molecular weight excluding hydrogens is 252 g/mol. The minimum absolute atomic E-state index is 0.0130. The van der Waals surface area contributed by atoms with Crippen LogP contribution in [0.25, 0.3) is 10.9 Å². The van der Waals surface area contributed by atoms with Crippen LogP contribution in [-0.4, -0.2) is 30.1 Å². The van der Waals surface area contributed by atoms with Gasteiger partial charge in [-0.05, 0) is 30.0 Å². The normalized spacial score (nSPS) is 24.4. The lowest BCUT2D eigenvalue weighted by atomic mass is 9.64. The molecule has 2 aromatic rings. The Morgan fingerprint density at radius 1 is 1.40 bits per heavy atom. The van der Waals surface area contributed by atoms with E-state index in [0.29, 0.717) is 5.56 Å². The van der Waals surface area contributed by atoms with Crippen LogP contribution in [0.2, 0.25) is 0 Å². The number of methoxy groups -OCH3 is 1. The predicted molar refractivity (Wildman–Crippen MR) is 78.7 cm³/mol. The molecule has 20 heavy (non-hydrogen) atoms. The van der Waals surface area contributed by atoms with Gasteiger partial charge in [0.25, 0.3) is 5.91 Å². The number of H-pyrrole nitrogens is 1. The topological polar surface area (TPSA) is 54.1 Å². The van der Waals surface area contributed by atoms with Crippen LogP contribution in [0.3, 0.4) is 0 Å². The van der Waals surface area contributed by atoms with E-state index < -0.39 is 0 Å². The molecule has 4 nitrogen and oxygen atoms in total. The standard InChI is InChI=1S/C16H20N2O2/c1-16(2)13(9-14(16)20-3)18-15(19)11-5-4-10-6-7-17-12(10)8-11/h4-8,13-14,17H,9H2,1-3H3,(H,18,19). The zero-order valence-corrected chi connectivity index (χ0v) is 12.1. The Hall–Kier alpha value is -1.81. The molecule has 2 N–H and O–H groups in total. The summed E-state index contributed by atoms with van der Waals surface area (Å²) >= 11 is 0. The van der Waals surface area contributed by atoms with Crippen molar-refractivity contribution < 1.29 is 9.53 Å². The summed E-state index contributed by atoms with van der Waals surface area (Å²) in [5.41, 5.74) is 1.66. The van der Waals surface area contributed by atoms with Gasteiger partial charge in [-0.1, -0.05) is 19.9 Å². The summed E-state index contributed by atoms with van der Waals surface area (Å²) in [7, 11) is 1.73. The Kier molecular flexibility index (Phi) is 3.05. The highest BCUT2D eigenvalue weighted by Crippen LogP contribution is 2.42. The summed E-state index contributed by atoms with van der Waals surface area (Å²) in [4.78, 5) is 15.5. The molecule has 1 aliphatic carbocycles. The summed E-state index contributed by atoms with van der Waals surface area (Å²) in [6, 6.07) is 7.88. The molecule has 4 heteroatoms. The first-order chi connectivity index (χ1) is 9.52. The van der Waals surface area contributed by atoms with E-state index in [1.54, 1.807) is 7.11 Å². The van der Waals surface area contributed by atoms with Gasteiger partial charge >= 0.3 is 0 Å². The van der Waals surface area contributed by atoms with Gasteiger partial charge in [0, 0.05) is 35.8 Å². The molecule has 3 rings (SSSR count). The highest BCUT2D eigenvalue weighted by Gasteiger charge is 2.49. The fourth-order valence-corrected chi connectivity index (χ4v) is 2.96. The van der Waals surface area contributed by atoms with E-state index >= 15 is 0 Å². The largest absolute Gasteiger partial charge is 0.381 e. The number of aromatic nitrogens is 1. The maximum absolute atomic E-state index is 12.3. The fraction of sp³-hybridized carbons (Fsp3) is 0.438. The molecule has 0 aliphatic heterocycles. The second-order valence-corrected chi connectivity index (χ2v) is 6.09. The zero-order chi connectivity index (χ0) is 14.3. The summed E-state index contributed by atoms with van der Waals surface area (Å²) in [6.07, 6.45) is 2.98. The van der Waals surface area contributed by atoms with E-state index in [-0.39, 0.29) is 23.5 Å². The molecule has 1 heterocycles. The van der Waals surface area contributed by atoms with Crippen molar-refractivity contribution in [2.24, 2.45) is 5.41 Å². The third-order valence-electron chi connectivity index (χ3n) is 4.58. The number of ether oxygens (including phenoxy) is 1. The minimum Gasteiger partial charge on any atom is -0.381 e. The Morgan fingerprint density at radius 3 is 2.90 bits per heavy atom. The zero-order valence-electron chi connectivity index (χ0n) is 12.1. The molecule has 0 radical (unpaired) electrons. The van der Waals surface area contributed by atoms with Gasteiger partial charge in [0.1, 0.15) is 0 Å². The molecule has 2 unspecified atom stereocenters. The monoisotopic (exact) mass is 272 g/mol. The van der Waals surface area contributed by atoms with Crippen LogP contribution < -0.4 is 5.32 Å². The van der Waals surface area contributed by atoms with Gasteiger partial charge in [-0.15, -0.1) is 0 Å². The smallest absolute Gasteiger partial charge is 0.251 e. The second kappa shape index (κ2) is 4.63. The molecule has 0 saturated heterocycles. The Balaban J connectivity index is 1.73. The molecule has 1 saturated carbocycles. The summed E-state index contributed by atoms with van der Waals surface area (Å²) in [5.74, 6) is -0.0193. The van der Waals surface area contributed by atoms with Crippen LogP contribution in [0.4, 0.5) is 0 Å². The van der Waals surface area contributed by atoms with Gasteiger partial charge in [0.2, 0.25) is 0 Å². The lowest BCUT2D eigenvalue weighted by Gasteiger charge is -2.51. The van der Waals surface area contributed by atoms with E-state index in [4.69, 9.17) is 4.74 Å². The number of nitrogens with one attached hydrogen (secondary N) is 2. The van der Waals surface area contributed by atoms with Crippen LogP contribution in [0.1, 0.15) is 30.6 Å². The molecule has 1 amide bonds. The third-order valence-corrected chi connectivity index (χ3v) is 4.58. The van der Waals surface area contributed by atoms with E-state index in [2.05, 4.69) is 24.1 Å². The maximum Gasteiger partial charge on any atom is 0.251 e. The molecule has 0 bridgehead atoms. The van der Waals surface area contributed by atoms with Gasteiger partial charge in [0.05, 0.1) is 6.10 Å². The van der Waals surface area contributed by atoms with Gasteiger partial charge in [0.15, 0.2) is 0 Å². The van der Waals surface area contributed by atoms with Crippen molar-refractivity contribution in [1.82, 2.24) is 10.3 Å². The van der Waals surface area contributed by atoms with Gasteiger partial charge in [-0.25, -0.2) is 0 Å². The number of rotatable bonds is 3. The van der Waals surface area contributed by atoms with Crippen molar-refractivity contribution in [3.8, 4) is 0 Å². The molecule has 1 aromatic carbocycles. The van der Waals surface area contributed by atoms with E-state index in [1.807, 2.05) is 30.5 Å². The van der Waals surface area contributed by atoms with Crippen molar-refractivity contribution in [2.45, 2.75) is 32.4 Å². The first-order valence-electron chi connectivity index (χ1n) is 6.93. The van der Waals surface area contributed by atoms with Crippen molar-refractivity contribution in [1.29, 1.82) is 0 Å². The van der Waals surface area contributed by atoms with E-state index in [9.17, 15) is 4.79 Å². The number of carbonyl (C=O) groups excluding carboxylic acids is 1. The van der Waals surface area contributed by atoms with Crippen molar-refractivity contribution >= 4 is 16.8 Å². The predicted octanol–water partition coefficient (Wildman–Crippen LogP) is 2.71. The van der Waals surface area contributed by atoms with Gasteiger partial charge in [-0.2, -0.15) is 0 Å². The number of amides is 1. The van der Waals surface area contributed by atoms with Crippen LogP contribution >= 0.6 is 0 Å². The van der Waals surface area contributed by atoms with Crippen LogP contribution in [0.15, 0.2) is 30.5 Å². The summed E-state index contributed by atoms with van der Waals surface area (Å²) < 4.78 is 5.41. The quantitative estimate of drug-likeness (QED) is 0.902.